The first kappa shape index (κ1) is 42.7. The smallest absolute Gasteiger partial charge is 0.0662 e. The quantitative estimate of drug-likeness (QED) is 0.342. The van der Waals surface area contributed by atoms with E-state index in [1.807, 2.05) is 0 Å². The van der Waals surface area contributed by atoms with Gasteiger partial charge in [-0.15, -0.1) is 39.5 Å². The first-order valence-electron chi connectivity index (χ1n) is 5.92. The molecule has 0 aromatic heterocycles. The van der Waals surface area contributed by atoms with Gasteiger partial charge in [0.25, 0.3) is 0 Å². The van der Waals surface area contributed by atoms with E-state index in [0.29, 0.717) is 0 Å². The lowest BCUT2D eigenvalue weighted by Crippen LogP contribution is -1.85. The molecule has 0 aromatic carbocycles. The molecule has 0 atom stereocenters. The van der Waals surface area contributed by atoms with Gasteiger partial charge in [-0.1, -0.05) is 0 Å². The molecule has 0 aliphatic heterocycles. The number of hydrogen-bond acceptors (Lipinski definition) is 7. The van der Waals surface area contributed by atoms with Crippen LogP contribution in [0.1, 0.15) is 6.92 Å². The molecule has 0 fully saturated rings. The first-order chi connectivity index (χ1) is 10.2. The van der Waals surface area contributed by atoms with Crippen LogP contribution in [0.25, 0.3) is 0 Å². The molecule has 134 valence electrons. The predicted molar refractivity (Wildman–Crippen MR) is 89.0 cm³/mol. The summed E-state index contributed by atoms with van der Waals surface area (Å²) in [6.45, 7) is 19.2. The minimum Gasteiger partial charge on any atom is -0.397 e. The Morgan fingerprint density at radius 1 is 0.429 bits per heavy atom. The molecule has 0 rings (SSSR count). The van der Waals surface area contributed by atoms with Gasteiger partial charge < -0.3 is 35.7 Å². The molecule has 0 heterocycles. The standard InChI is InChI=1S/3C2H6O2.C2H6O.3C2H4/c3*3-1-2-4;1-2-3;3*1-2/h3*3-4H,1-2H2;3H,2H2,1H3;3*1-2H2. The lowest BCUT2D eigenvalue weighted by molar-refractivity contribution is 0.186. The van der Waals surface area contributed by atoms with Crippen LogP contribution in [0.2, 0.25) is 0 Å². The summed E-state index contributed by atoms with van der Waals surface area (Å²) in [6.07, 6.45) is 0. The van der Waals surface area contributed by atoms with Gasteiger partial charge in [0, 0.05) is 6.61 Å². The molecule has 7 N–H and O–H groups in total. The van der Waals surface area contributed by atoms with Crippen molar-refractivity contribution in [2.24, 2.45) is 0 Å². The molecule has 0 aromatic rings. The lowest BCUT2D eigenvalue weighted by Gasteiger charge is -1.70. The average molecular weight is 316 g/mol. The van der Waals surface area contributed by atoms with Crippen LogP contribution in [0.5, 0.6) is 0 Å². The van der Waals surface area contributed by atoms with Crippen molar-refractivity contribution in [1.82, 2.24) is 0 Å². The van der Waals surface area contributed by atoms with Gasteiger partial charge in [0.1, 0.15) is 0 Å². The largest absolute Gasteiger partial charge is 0.397 e. The topological polar surface area (TPSA) is 142 Å². The average Bonchev–Trinajstić information content (AvgIpc) is 2.61. The summed E-state index contributed by atoms with van der Waals surface area (Å²) in [7, 11) is 0. The molecule has 21 heavy (non-hydrogen) atoms. The maximum Gasteiger partial charge on any atom is 0.0662 e. The van der Waals surface area contributed by atoms with Crippen LogP contribution in [0.4, 0.5) is 0 Å². The summed E-state index contributed by atoms with van der Waals surface area (Å²) in [5, 5.41) is 53.3. The van der Waals surface area contributed by atoms with Crippen molar-refractivity contribution in [2.75, 3.05) is 46.2 Å². The highest BCUT2D eigenvalue weighted by Gasteiger charge is 1.58. The normalized spacial score (nSPS) is 5.71. The van der Waals surface area contributed by atoms with Crippen molar-refractivity contribution in [3.05, 3.63) is 39.5 Å². The molecule has 0 saturated heterocycles. The molecule has 0 aliphatic carbocycles. The van der Waals surface area contributed by atoms with Gasteiger partial charge in [0.05, 0.1) is 39.6 Å². The van der Waals surface area contributed by atoms with Crippen molar-refractivity contribution >= 4 is 0 Å². The highest BCUT2D eigenvalue weighted by atomic mass is 16.3. The van der Waals surface area contributed by atoms with Crippen LogP contribution >= 0.6 is 0 Å². The second-order valence-corrected chi connectivity index (χ2v) is 1.66. The highest BCUT2D eigenvalue weighted by Crippen LogP contribution is 1.40. The van der Waals surface area contributed by atoms with Gasteiger partial charge in [0.15, 0.2) is 0 Å². The van der Waals surface area contributed by atoms with Crippen molar-refractivity contribution in [1.29, 1.82) is 0 Å². The van der Waals surface area contributed by atoms with E-state index in [4.69, 9.17) is 35.7 Å². The van der Waals surface area contributed by atoms with Crippen LogP contribution in [0, 0.1) is 0 Å². The maximum absolute atomic E-state index is 7.62. The number of rotatable bonds is 3. The van der Waals surface area contributed by atoms with Crippen molar-refractivity contribution in [3.8, 4) is 0 Å². The third kappa shape index (κ3) is 1440. The van der Waals surface area contributed by atoms with Gasteiger partial charge >= 0.3 is 0 Å². The van der Waals surface area contributed by atoms with Crippen LogP contribution in [-0.4, -0.2) is 82.0 Å². The molecule has 0 saturated carbocycles. The van der Waals surface area contributed by atoms with Gasteiger partial charge in [-0.2, -0.15) is 0 Å². The second-order valence-electron chi connectivity index (χ2n) is 1.66. The Kier molecular flexibility index (Phi) is 351. The van der Waals surface area contributed by atoms with E-state index in [9.17, 15) is 0 Å². The molecule has 7 heteroatoms. The zero-order chi connectivity index (χ0) is 18.9. The third-order valence-electron chi connectivity index (χ3n) is 0.300. The molecular weight excluding hydrogens is 280 g/mol. The summed E-state index contributed by atoms with van der Waals surface area (Å²) in [5.41, 5.74) is 0. The van der Waals surface area contributed by atoms with Crippen molar-refractivity contribution in [3.63, 3.8) is 0 Å². The minimum absolute atomic E-state index is 0.125. The Hall–Kier alpha value is -1.06. The zero-order valence-corrected chi connectivity index (χ0v) is 13.3. The summed E-state index contributed by atoms with van der Waals surface area (Å²) >= 11 is 0. The van der Waals surface area contributed by atoms with Crippen molar-refractivity contribution < 1.29 is 35.7 Å². The second kappa shape index (κ2) is 173. The maximum atomic E-state index is 7.62. The lowest BCUT2D eigenvalue weighted by atomic mass is 10.8. The number of hydrogen-bond donors (Lipinski definition) is 7. The Bertz CT molecular complexity index is 65.5. The van der Waals surface area contributed by atoms with Gasteiger partial charge in [-0.25, -0.2) is 0 Å². The Labute approximate surface area is 129 Å². The molecular formula is C14H36O7. The fraction of sp³-hybridized carbons (Fsp3) is 0.571. The van der Waals surface area contributed by atoms with E-state index in [1.165, 1.54) is 0 Å². The van der Waals surface area contributed by atoms with Crippen molar-refractivity contribution in [2.45, 2.75) is 6.92 Å². The Morgan fingerprint density at radius 3 is 0.476 bits per heavy atom. The molecule has 0 bridgehead atoms. The molecule has 0 amide bonds. The molecule has 0 radical (unpaired) electrons. The summed E-state index contributed by atoms with van der Waals surface area (Å²) in [6, 6.07) is 0. The number of aliphatic hydroxyl groups is 7. The van der Waals surface area contributed by atoms with Gasteiger partial charge in [0.2, 0.25) is 0 Å². The minimum atomic E-state index is -0.125. The predicted octanol–water partition coefficient (Wildman–Crippen LogP) is -0.682. The monoisotopic (exact) mass is 316 g/mol. The third-order valence-corrected chi connectivity index (χ3v) is 0.300. The molecule has 0 unspecified atom stereocenters. The Morgan fingerprint density at radius 2 is 0.476 bits per heavy atom. The Balaban J connectivity index is -0.0000000224. The van der Waals surface area contributed by atoms with Gasteiger partial charge in [-0.05, 0) is 6.92 Å². The molecule has 7 nitrogen and oxygen atoms in total. The molecule has 0 aliphatic rings. The van der Waals surface area contributed by atoms with Crippen LogP contribution in [-0.2, 0) is 0 Å². The van der Waals surface area contributed by atoms with Crippen LogP contribution in [0.3, 0.4) is 0 Å². The van der Waals surface area contributed by atoms with E-state index in [2.05, 4.69) is 39.5 Å². The SMILES string of the molecule is C=C.C=C.C=C.CCO.OCCO.OCCO.OCCO. The van der Waals surface area contributed by atoms with E-state index in [0.717, 1.165) is 0 Å². The first-order valence-corrected chi connectivity index (χ1v) is 5.92. The van der Waals surface area contributed by atoms with Gasteiger partial charge in [-0.3, -0.25) is 0 Å². The van der Waals surface area contributed by atoms with Crippen LogP contribution in [0.15, 0.2) is 39.5 Å². The summed E-state index contributed by atoms with van der Waals surface area (Å²) < 4.78 is 0. The van der Waals surface area contributed by atoms with E-state index >= 15 is 0 Å². The van der Waals surface area contributed by atoms with E-state index in [1.54, 1.807) is 6.92 Å². The van der Waals surface area contributed by atoms with E-state index < -0.39 is 0 Å². The fourth-order valence-electron chi connectivity index (χ4n) is 0. The van der Waals surface area contributed by atoms with Crippen LogP contribution < -0.4 is 0 Å². The summed E-state index contributed by atoms with van der Waals surface area (Å²) in [5.74, 6) is 0. The summed E-state index contributed by atoms with van der Waals surface area (Å²) in [4.78, 5) is 0. The highest BCUT2D eigenvalue weighted by molar-refractivity contribution is 4.22. The molecule has 0 spiro atoms. The zero-order valence-electron chi connectivity index (χ0n) is 13.3. The number of aliphatic hydroxyl groups excluding tert-OH is 7. The fourth-order valence-corrected chi connectivity index (χ4v) is 0. The van der Waals surface area contributed by atoms with E-state index in [-0.39, 0.29) is 46.2 Å².